The van der Waals surface area contributed by atoms with E-state index in [2.05, 4.69) is 66.8 Å². The minimum Gasteiger partial charge on any atom is -0.313 e. The van der Waals surface area contributed by atoms with E-state index in [1.165, 1.54) is 16.7 Å². The predicted molar refractivity (Wildman–Crippen MR) is 77.7 cm³/mol. The topological polar surface area (TPSA) is 12.0 Å². The third-order valence-corrected chi connectivity index (χ3v) is 3.35. The Morgan fingerprint density at radius 3 is 2.44 bits per heavy atom. The molecule has 0 aliphatic rings. The van der Waals surface area contributed by atoms with E-state index in [0.717, 1.165) is 12.8 Å². The van der Waals surface area contributed by atoms with Gasteiger partial charge in [-0.05, 0) is 37.9 Å². The van der Waals surface area contributed by atoms with Gasteiger partial charge in [-0.25, -0.2) is 0 Å². The number of aryl methyl sites for hydroxylation is 2. The lowest BCUT2D eigenvalue weighted by Crippen LogP contribution is -2.17. The number of hydrogen-bond donors (Lipinski definition) is 1. The van der Waals surface area contributed by atoms with Gasteiger partial charge >= 0.3 is 0 Å². The third-order valence-electron chi connectivity index (χ3n) is 3.35. The highest BCUT2D eigenvalue weighted by Gasteiger charge is 2.08. The maximum atomic E-state index is 3.40. The highest BCUT2D eigenvalue weighted by Crippen LogP contribution is 2.18. The van der Waals surface area contributed by atoms with E-state index in [4.69, 9.17) is 0 Å². The number of benzene rings is 2. The second kappa shape index (κ2) is 6.36. The van der Waals surface area contributed by atoms with E-state index in [1.54, 1.807) is 0 Å². The molecule has 1 unspecified atom stereocenters. The lowest BCUT2D eigenvalue weighted by atomic mass is 9.98. The zero-order chi connectivity index (χ0) is 12.8. The molecule has 94 valence electrons. The van der Waals surface area contributed by atoms with Gasteiger partial charge in [-0.1, -0.05) is 60.2 Å². The summed E-state index contributed by atoms with van der Waals surface area (Å²) in [5.74, 6) is 0. The smallest absolute Gasteiger partial charge is 0.0320 e. The van der Waals surface area contributed by atoms with Crippen molar-refractivity contribution in [2.24, 2.45) is 0 Å². The zero-order valence-corrected chi connectivity index (χ0v) is 11.2. The van der Waals surface area contributed by atoms with Crippen molar-refractivity contribution in [3.8, 4) is 0 Å². The van der Waals surface area contributed by atoms with Crippen molar-refractivity contribution in [3.05, 3.63) is 71.3 Å². The summed E-state index contributed by atoms with van der Waals surface area (Å²) in [7, 11) is 2.04. The van der Waals surface area contributed by atoms with Crippen LogP contribution < -0.4 is 5.32 Å². The van der Waals surface area contributed by atoms with Crippen LogP contribution in [0.4, 0.5) is 0 Å². The largest absolute Gasteiger partial charge is 0.313 e. The van der Waals surface area contributed by atoms with Crippen LogP contribution in [0.3, 0.4) is 0 Å². The Morgan fingerprint density at radius 2 is 1.78 bits per heavy atom. The summed E-state index contributed by atoms with van der Waals surface area (Å²) < 4.78 is 0. The predicted octanol–water partition coefficient (Wildman–Crippen LogP) is 3.89. The molecule has 1 heteroatoms. The first-order valence-electron chi connectivity index (χ1n) is 6.57. The van der Waals surface area contributed by atoms with Crippen molar-refractivity contribution in [2.45, 2.75) is 25.8 Å². The van der Waals surface area contributed by atoms with Gasteiger partial charge in [-0.3, -0.25) is 0 Å². The molecule has 0 bridgehead atoms. The Morgan fingerprint density at radius 1 is 1.00 bits per heavy atom. The van der Waals surface area contributed by atoms with Crippen LogP contribution in [0.5, 0.6) is 0 Å². The lowest BCUT2D eigenvalue weighted by molar-refractivity contribution is 0.549. The fraction of sp³-hybridized carbons (Fsp3) is 0.294. The highest BCUT2D eigenvalue weighted by molar-refractivity contribution is 5.23. The SMILES string of the molecule is CNC(CCc1cccc(C)c1)c1ccccc1. The van der Waals surface area contributed by atoms with Crippen molar-refractivity contribution in [1.29, 1.82) is 0 Å². The van der Waals surface area contributed by atoms with Crippen molar-refractivity contribution in [1.82, 2.24) is 5.32 Å². The Bertz CT molecular complexity index is 476. The Kier molecular flexibility index (Phi) is 4.54. The maximum absolute atomic E-state index is 3.40. The van der Waals surface area contributed by atoms with Crippen LogP contribution in [-0.2, 0) is 6.42 Å². The van der Waals surface area contributed by atoms with E-state index in [0.29, 0.717) is 6.04 Å². The lowest BCUT2D eigenvalue weighted by Gasteiger charge is -2.16. The zero-order valence-electron chi connectivity index (χ0n) is 11.2. The van der Waals surface area contributed by atoms with Gasteiger partial charge in [-0.15, -0.1) is 0 Å². The van der Waals surface area contributed by atoms with Crippen LogP contribution >= 0.6 is 0 Å². The molecular formula is C17H21N. The summed E-state index contributed by atoms with van der Waals surface area (Å²) in [5.41, 5.74) is 4.13. The molecule has 0 aromatic heterocycles. The van der Waals surface area contributed by atoms with Crippen LogP contribution in [0.1, 0.15) is 29.2 Å². The molecule has 0 aliphatic carbocycles. The molecule has 0 saturated heterocycles. The molecule has 2 aromatic rings. The average molecular weight is 239 g/mol. The summed E-state index contributed by atoms with van der Waals surface area (Å²) in [6, 6.07) is 19.9. The second-order valence-corrected chi connectivity index (χ2v) is 4.78. The van der Waals surface area contributed by atoms with Crippen molar-refractivity contribution >= 4 is 0 Å². The van der Waals surface area contributed by atoms with Gasteiger partial charge < -0.3 is 5.32 Å². The summed E-state index contributed by atoms with van der Waals surface area (Å²) in [4.78, 5) is 0. The number of hydrogen-bond acceptors (Lipinski definition) is 1. The summed E-state index contributed by atoms with van der Waals surface area (Å²) >= 11 is 0. The standard InChI is InChI=1S/C17H21N/c1-14-7-6-8-15(13-14)11-12-17(18-2)16-9-4-3-5-10-16/h3-10,13,17-18H,11-12H2,1-2H3. The van der Waals surface area contributed by atoms with Gasteiger partial charge in [0.15, 0.2) is 0 Å². The van der Waals surface area contributed by atoms with Gasteiger partial charge in [-0.2, -0.15) is 0 Å². The Labute approximate surface area is 110 Å². The normalized spacial score (nSPS) is 12.3. The van der Waals surface area contributed by atoms with Crippen molar-refractivity contribution in [2.75, 3.05) is 7.05 Å². The molecule has 0 saturated carbocycles. The molecule has 0 amide bonds. The molecule has 0 aliphatic heterocycles. The second-order valence-electron chi connectivity index (χ2n) is 4.78. The quantitative estimate of drug-likeness (QED) is 0.834. The monoisotopic (exact) mass is 239 g/mol. The fourth-order valence-corrected chi connectivity index (χ4v) is 2.34. The van der Waals surface area contributed by atoms with E-state index in [-0.39, 0.29) is 0 Å². The van der Waals surface area contributed by atoms with Gasteiger partial charge in [0.05, 0.1) is 0 Å². The minimum absolute atomic E-state index is 0.437. The van der Waals surface area contributed by atoms with E-state index >= 15 is 0 Å². The molecule has 0 spiro atoms. The van der Waals surface area contributed by atoms with Crippen molar-refractivity contribution in [3.63, 3.8) is 0 Å². The first-order chi connectivity index (χ1) is 8.79. The molecule has 2 aromatic carbocycles. The number of nitrogens with one attached hydrogen (secondary N) is 1. The molecule has 0 heterocycles. The van der Waals surface area contributed by atoms with Crippen LogP contribution in [0.15, 0.2) is 54.6 Å². The van der Waals surface area contributed by atoms with E-state index in [1.807, 2.05) is 7.05 Å². The summed E-state index contributed by atoms with van der Waals surface area (Å²) in [6.45, 7) is 2.15. The van der Waals surface area contributed by atoms with Crippen LogP contribution in [0, 0.1) is 6.92 Å². The molecule has 2 rings (SSSR count). The minimum atomic E-state index is 0.437. The Hall–Kier alpha value is -1.60. The maximum Gasteiger partial charge on any atom is 0.0320 e. The van der Waals surface area contributed by atoms with Gasteiger partial charge in [0.2, 0.25) is 0 Å². The fourth-order valence-electron chi connectivity index (χ4n) is 2.34. The first-order valence-corrected chi connectivity index (χ1v) is 6.57. The van der Waals surface area contributed by atoms with Gasteiger partial charge in [0.1, 0.15) is 0 Å². The van der Waals surface area contributed by atoms with E-state index < -0.39 is 0 Å². The van der Waals surface area contributed by atoms with Crippen LogP contribution in [0.25, 0.3) is 0 Å². The van der Waals surface area contributed by atoms with Crippen LogP contribution in [-0.4, -0.2) is 7.05 Å². The molecule has 18 heavy (non-hydrogen) atoms. The summed E-state index contributed by atoms with van der Waals surface area (Å²) in [6.07, 6.45) is 2.24. The molecule has 0 radical (unpaired) electrons. The Balaban J connectivity index is 2.00. The van der Waals surface area contributed by atoms with Gasteiger partial charge in [0.25, 0.3) is 0 Å². The van der Waals surface area contributed by atoms with E-state index in [9.17, 15) is 0 Å². The molecule has 1 N–H and O–H groups in total. The molecule has 1 nitrogen and oxygen atoms in total. The third kappa shape index (κ3) is 3.44. The van der Waals surface area contributed by atoms with Crippen LogP contribution in [0.2, 0.25) is 0 Å². The van der Waals surface area contributed by atoms with Gasteiger partial charge in [0, 0.05) is 6.04 Å². The molecule has 0 fully saturated rings. The molecule has 1 atom stereocenters. The molecular weight excluding hydrogens is 218 g/mol. The first kappa shape index (κ1) is 12.8. The summed E-state index contributed by atoms with van der Waals surface area (Å²) in [5, 5.41) is 3.40. The van der Waals surface area contributed by atoms with Crippen molar-refractivity contribution < 1.29 is 0 Å². The number of rotatable bonds is 5. The average Bonchev–Trinajstić information content (AvgIpc) is 2.41. The highest BCUT2D eigenvalue weighted by atomic mass is 14.9.